The summed E-state index contributed by atoms with van der Waals surface area (Å²) in [4.78, 5) is 39.9. The number of benzene rings is 1. The van der Waals surface area contributed by atoms with Crippen LogP contribution in [0.25, 0.3) is 0 Å². The van der Waals surface area contributed by atoms with Crippen molar-refractivity contribution < 1.29 is 44.7 Å². The Morgan fingerprint density at radius 3 is 2.41 bits per heavy atom. The van der Waals surface area contributed by atoms with E-state index in [9.17, 15) is 39.9 Å². The summed E-state index contributed by atoms with van der Waals surface area (Å²) in [7, 11) is 0. The Kier molecular flexibility index (Phi) is 4.94. The minimum atomic E-state index is -2.66. The number of hydrogen-bond donors (Lipinski definition) is 5. The van der Waals surface area contributed by atoms with Crippen LogP contribution in [0.1, 0.15) is 65.5 Å². The lowest BCUT2D eigenvalue weighted by Crippen LogP contribution is -2.69. The molecule has 5 rings (SSSR count). The first kappa shape index (κ1) is 23.2. The van der Waals surface area contributed by atoms with Gasteiger partial charge in [0.15, 0.2) is 23.0 Å². The minimum absolute atomic E-state index is 0.0341. The van der Waals surface area contributed by atoms with E-state index in [1.807, 2.05) is 0 Å². The zero-order valence-electron chi connectivity index (χ0n) is 18.7. The third-order valence-electron chi connectivity index (χ3n) is 7.46. The van der Waals surface area contributed by atoms with Crippen molar-refractivity contribution in [2.24, 2.45) is 0 Å². The zero-order valence-corrected chi connectivity index (χ0v) is 18.7. The number of ether oxygens (including phenoxy) is 1. The van der Waals surface area contributed by atoms with E-state index in [0.717, 1.165) is 6.08 Å². The summed E-state index contributed by atoms with van der Waals surface area (Å²) in [5.41, 5.74) is -6.63. The maximum Gasteiger partial charge on any atom is 0.194 e. The van der Waals surface area contributed by atoms with E-state index in [-0.39, 0.29) is 23.1 Å². The van der Waals surface area contributed by atoms with E-state index < -0.39 is 77.0 Å². The second-order valence-corrected chi connectivity index (χ2v) is 10.1. The van der Waals surface area contributed by atoms with Crippen molar-refractivity contribution >= 4 is 17.3 Å². The van der Waals surface area contributed by atoms with Crippen molar-refractivity contribution in [2.45, 2.75) is 74.3 Å². The lowest BCUT2D eigenvalue weighted by Gasteiger charge is -2.51. The van der Waals surface area contributed by atoms with Crippen molar-refractivity contribution in [1.82, 2.24) is 0 Å². The molecular formula is C25H26O9. The Morgan fingerprint density at radius 1 is 1.03 bits per heavy atom. The van der Waals surface area contributed by atoms with Crippen LogP contribution in [0.15, 0.2) is 41.5 Å². The molecule has 180 valence electrons. The van der Waals surface area contributed by atoms with Gasteiger partial charge in [0.05, 0.1) is 29.5 Å². The first-order valence-electron chi connectivity index (χ1n) is 11.2. The molecule has 1 heterocycles. The normalized spacial score (nSPS) is 41.8. The average molecular weight is 470 g/mol. The molecule has 1 unspecified atom stereocenters. The molecule has 0 amide bonds. The zero-order chi connectivity index (χ0) is 24.8. The fraction of sp³-hybridized carbons (Fsp3) is 0.480. The fourth-order valence-corrected chi connectivity index (χ4v) is 5.71. The SMILES string of the molecule is CC1O[C@@H](c2ccc3c(c2)C(=O)C2=C(C3=O)[C@@]3(O)C(=O)C[C@](C)(O)C[C@@]3(O)C=C2)C[C@@H](O)[C@@H]1O. The van der Waals surface area contributed by atoms with Gasteiger partial charge in [-0.1, -0.05) is 12.1 Å². The first-order valence-corrected chi connectivity index (χ1v) is 11.2. The minimum Gasteiger partial charge on any atom is -0.390 e. The van der Waals surface area contributed by atoms with Gasteiger partial charge in [0.2, 0.25) is 0 Å². The highest BCUT2D eigenvalue weighted by Crippen LogP contribution is 2.50. The maximum atomic E-state index is 13.5. The molecule has 1 saturated carbocycles. The van der Waals surface area contributed by atoms with Crippen LogP contribution >= 0.6 is 0 Å². The molecule has 0 aromatic heterocycles. The van der Waals surface area contributed by atoms with Gasteiger partial charge in [-0.2, -0.15) is 0 Å². The van der Waals surface area contributed by atoms with Gasteiger partial charge in [-0.3, -0.25) is 14.4 Å². The summed E-state index contributed by atoms with van der Waals surface area (Å²) in [6, 6.07) is 4.43. The van der Waals surface area contributed by atoms with Crippen LogP contribution in [0.3, 0.4) is 0 Å². The molecule has 3 aliphatic carbocycles. The summed E-state index contributed by atoms with van der Waals surface area (Å²) >= 11 is 0. The Labute approximate surface area is 195 Å². The number of aliphatic hydroxyl groups is 5. The van der Waals surface area contributed by atoms with Crippen LogP contribution < -0.4 is 0 Å². The topological polar surface area (TPSA) is 162 Å². The van der Waals surface area contributed by atoms with Crippen LogP contribution in [0.5, 0.6) is 0 Å². The molecule has 34 heavy (non-hydrogen) atoms. The van der Waals surface area contributed by atoms with Gasteiger partial charge >= 0.3 is 0 Å². The van der Waals surface area contributed by atoms with Crippen molar-refractivity contribution in [3.63, 3.8) is 0 Å². The molecule has 7 atom stereocenters. The van der Waals surface area contributed by atoms with Crippen LogP contribution in [0.2, 0.25) is 0 Å². The highest BCUT2D eigenvalue weighted by atomic mass is 16.5. The maximum absolute atomic E-state index is 13.5. The number of aliphatic hydroxyl groups excluding tert-OH is 2. The highest BCUT2D eigenvalue weighted by molar-refractivity contribution is 6.31. The van der Waals surface area contributed by atoms with E-state index >= 15 is 0 Å². The van der Waals surface area contributed by atoms with Gasteiger partial charge in [0.25, 0.3) is 0 Å². The summed E-state index contributed by atoms with van der Waals surface area (Å²) in [6.07, 6.45) is -1.78. The van der Waals surface area contributed by atoms with E-state index in [0.29, 0.717) is 5.56 Å². The third-order valence-corrected chi connectivity index (χ3v) is 7.46. The van der Waals surface area contributed by atoms with E-state index in [2.05, 4.69) is 0 Å². The quantitative estimate of drug-likeness (QED) is 0.383. The number of rotatable bonds is 1. The van der Waals surface area contributed by atoms with Crippen molar-refractivity contribution in [2.75, 3.05) is 0 Å². The van der Waals surface area contributed by atoms with Crippen molar-refractivity contribution in [1.29, 1.82) is 0 Å². The Hall–Kier alpha value is -2.53. The third kappa shape index (κ3) is 3.05. The van der Waals surface area contributed by atoms with E-state index in [1.54, 1.807) is 13.0 Å². The number of Topliss-reactive ketones (excluding diaryl/α,β-unsaturated/α-hetero) is 3. The molecule has 9 nitrogen and oxygen atoms in total. The Balaban J connectivity index is 1.58. The fourth-order valence-electron chi connectivity index (χ4n) is 5.71. The molecule has 0 bridgehead atoms. The summed E-state index contributed by atoms with van der Waals surface area (Å²) < 4.78 is 5.77. The largest absolute Gasteiger partial charge is 0.390 e. The Morgan fingerprint density at radius 2 is 1.74 bits per heavy atom. The number of fused-ring (bicyclic) bond motifs is 3. The number of allylic oxidation sites excluding steroid dienone is 2. The smallest absolute Gasteiger partial charge is 0.194 e. The summed E-state index contributed by atoms with van der Waals surface area (Å²) in [5, 5.41) is 53.0. The molecule has 1 aromatic rings. The van der Waals surface area contributed by atoms with Crippen molar-refractivity contribution in [3.05, 3.63) is 58.2 Å². The highest BCUT2D eigenvalue weighted by Gasteiger charge is 2.66. The second-order valence-electron chi connectivity index (χ2n) is 10.1. The lowest BCUT2D eigenvalue weighted by molar-refractivity contribution is -0.183. The molecule has 1 aliphatic heterocycles. The number of ketones is 3. The van der Waals surface area contributed by atoms with Gasteiger partial charge in [-0.15, -0.1) is 0 Å². The first-order chi connectivity index (χ1) is 15.8. The van der Waals surface area contributed by atoms with Crippen LogP contribution in [-0.4, -0.2) is 78.0 Å². The van der Waals surface area contributed by atoms with Gasteiger partial charge in [-0.05, 0) is 37.6 Å². The van der Waals surface area contributed by atoms with Crippen LogP contribution in [0, 0.1) is 0 Å². The van der Waals surface area contributed by atoms with Gasteiger partial charge in [0, 0.05) is 36.0 Å². The predicted octanol–water partition coefficient (Wildman–Crippen LogP) is 0.0798. The molecule has 0 radical (unpaired) electrons. The molecule has 5 N–H and O–H groups in total. The van der Waals surface area contributed by atoms with Gasteiger partial charge in [-0.25, -0.2) is 0 Å². The molecule has 4 aliphatic rings. The van der Waals surface area contributed by atoms with Crippen LogP contribution in [0.4, 0.5) is 0 Å². The van der Waals surface area contributed by atoms with Gasteiger partial charge < -0.3 is 30.3 Å². The summed E-state index contributed by atoms with van der Waals surface area (Å²) in [6.45, 7) is 2.98. The van der Waals surface area contributed by atoms with Gasteiger partial charge in [0.1, 0.15) is 11.7 Å². The number of carbonyl (C=O) groups is 3. The van der Waals surface area contributed by atoms with E-state index in [1.165, 1.54) is 25.1 Å². The lowest BCUT2D eigenvalue weighted by atomic mass is 9.57. The number of carbonyl (C=O) groups excluding carboxylic acids is 3. The molecular weight excluding hydrogens is 444 g/mol. The molecule has 0 spiro atoms. The van der Waals surface area contributed by atoms with Crippen LogP contribution in [-0.2, 0) is 9.53 Å². The predicted molar refractivity (Wildman–Crippen MR) is 116 cm³/mol. The molecule has 9 heteroatoms. The standard InChI is InChI=1S/C25H26O9/c1-11-20(28)16(26)8-17(34-11)12-3-4-13-15(7-12)21(29)14-5-6-24(32)10-23(2,31)9-18(27)25(24,33)19(14)22(13)30/h3-7,11,16-17,20,26,28,31-33H,8-10H2,1-2H3/t11?,16-,17-,20-,23+,24+,25+/m1/s1. The molecule has 2 fully saturated rings. The van der Waals surface area contributed by atoms with E-state index in [4.69, 9.17) is 4.74 Å². The number of hydrogen-bond acceptors (Lipinski definition) is 9. The Bertz CT molecular complexity index is 1180. The average Bonchev–Trinajstić information content (AvgIpc) is 2.75. The molecule has 1 saturated heterocycles. The second kappa shape index (κ2) is 7.24. The molecule has 1 aromatic carbocycles. The monoisotopic (exact) mass is 470 g/mol. The van der Waals surface area contributed by atoms with Crippen molar-refractivity contribution in [3.8, 4) is 0 Å². The summed E-state index contributed by atoms with van der Waals surface area (Å²) in [5.74, 6) is -2.31.